The Balaban J connectivity index is 2.50. The van der Waals surface area contributed by atoms with Crippen LogP contribution in [0.4, 0.5) is 13.2 Å². The van der Waals surface area contributed by atoms with Crippen molar-refractivity contribution in [3.8, 4) is 5.75 Å². The third kappa shape index (κ3) is 5.97. The summed E-state index contributed by atoms with van der Waals surface area (Å²) in [6.45, 7) is 0.592. The first-order valence-corrected chi connectivity index (χ1v) is 5.21. The molecule has 0 aromatic heterocycles. The normalized spacial score (nSPS) is 12.0. The van der Waals surface area contributed by atoms with Crippen LogP contribution >= 0.6 is 0 Å². The molecule has 0 saturated heterocycles. The van der Waals surface area contributed by atoms with Crippen molar-refractivity contribution in [1.29, 1.82) is 0 Å². The molecule has 5 heteroatoms. The minimum atomic E-state index is -4.64. The molecule has 1 aromatic rings. The van der Waals surface area contributed by atoms with E-state index in [0.29, 0.717) is 13.0 Å². The summed E-state index contributed by atoms with van der Waals surface area (Å²) in [6.07, 6.45) is 0.719. The summed E-state index contributed by atoms with van der Waals surface area (Å²) >= 11 is 0. The zero-order valence-corrected chi connectivity index (χ0v) is 9.20. The maximum atomic E-state index is 11.9. The number of allylic oxidation sites excluding steroid dienone is 1. The van der Waals surface area contributed by atoms with Crippen molar-refractivity contribution in [2.24, 2.45) is 5.73 Å². The lowest BCUT2D eigenvalue weighted by Crippen LogP contribution is -2.16. The summed E-state index contributed by atoms with van der Waals surface area (Å²) in [5.41, 5.74) is 6.24. The monoisotopic (exact) mass is 245 g/mol. The molecule has 0 unspecified atom stereocenters. The number of hydrogen-bond acceptors (Lipinski definition) is 2. The molecular formula is C12H14F3NO. The van der Waals surface area contributed by atoms with Gasteiger partial charge in [0.05, 0.1) is 0 Å². The van der Waals surface area contributed by atoms with Crippen LogP contribution in [0.3, 0.4) is 0 Å². The Hall–Kier alpha value is -1.49. The fourth-order valence-electron chi connectivity index (χ4n) is 1.26. The van der Waals surface area contributed by atoms with Gasteiger partial charge in [-0.1, -0.05) is 24.3 Å². The molecule has 0 saturated carbocycles. The Kier molecular flexibility index (Phi) is 5.03. The van der Waals surface area contributed by atoms with Crippen molar-refractivity contribution >= 4 is 0 Å². The van der Waals surface area contributed by atoms with E-state index in [0.717, 1.165) is 12.0 Å². The Morgan fingerprint density at radius 3 is 2.29 bits per heavy atom. The van der Waals surface area contributed by atoms with E-state index in [1.165, 1.54) is 12.1 Å². The third-order valence-corrected chi connectivity index (χ3v) is 2.01. The molecule has 0 heterocycles. The van der Waals surface area contributed by atoms with Gasteiger partial charge in [0.15, 0.2) is 0 Å². The van der Waals surface area contributed by atoms with E-state index >= 15 is 0 Å². The molecule has 0 fully saturated rings. The molecule has 0 amide bonds. The van der Waals surface area contributed by atoms with Crippen LogP contribution in [0.15, 0.2) is 36.4 Å². The lowest BCUT2D eigenvalue weighted by atomic mass is 10.1. The first-order chi connectivity index (χ1) is 8.01. The van der Waals surface area contributed by atoms with Crippen LogP contribution in [0.2, 0.25) is 0 Å². The molecule has 0 aliphatic carbocycles. The lowest BCUT2D eigenvalue weighted by molar-refractivity contribution is -0.274. The van der Waals surface area contributed by atoms with E-state index in [1.54, 1.807) is 12.1 Å². The molecule has 0 radical (unpaired) electrons. The average molecular weight is 245 g/mol. The minimum absolute atomic E-state index is 0.202. The van der Waals surface area contributed by atoms with Crippen molar-refractivity contribution in [3.63, 3.8) is 0 Å². The van der Waals surface area contributed by atoms with Gasteiger partial charge in [-0.2, -0.15) is 0 Å². The quantitative estimate of drug-likeness (QED) is 0.809. The lowest BCUT2D eigenvalue weighted by Gasteiger charge is -2.08. The predicted octanol–water partition coefficient (Wildman–Crippen LogP) is 3.03. The summed E-state index contributed by atoms with van der Waals surface area (Å²) in [5.74, 6) is -0.202. The van der Waals surface area contributed by atoms with Crippen LogP contribution in [-0.2, 0) is 6.42 Å². The second-order valence-corrected chi connectivity index (χ2v) is 3.44. The van der Waals surface area contributed by atoms with Crippen molar-refractivity contribution in [2.45, 2.75) is 19.2 Å². The SMILES string of the molecule is NCCC=CCc1ccc(OC(F)(F)F)cc1. The van der Waals surface area contributed by atoms with Gasteiger partial charge in [0.2, 0.25) is 0 Å². The van der Waals surface area contributed by atoms with E-state index in [1.807, 2.05) is 12.2 Å². The molecule has 1 rings (SSSR count). The number of nitrogens with two attached hydrogens (primary N) is 1. The highest BCUT2D eigenvalue weighted by Crippen LogP contribution is 2.22. The fraction of sp³-hybridized carbons (Fsp3) is 0.333. The molecule has 2 nitrogen and oxygen atoms in total. The van der Waals surface area contributed by atoms with Gasteiger partial charge in [-0.05, 0) is 37.1 Å². The van der Waals surface area contributed by atoms with Crippen molar-refractivity contribution < 1.29 is 17.9 Å². The first-order valence-electron chi connectivity index (χ1n) is 5.21. The van der Waals surface area contributed by atoms with Gasteiger partial charge in [0.25, 0.3) is 0 Å². The Labute approximate surface area is 97.9 Å². The van der Waals surface area contributed by atoms with Crippen LogP contribution in [0.5, 0.6) is 5.75 Å². The van der Waals surface area contributed by atoms with Gasteiger partial charge in [0.1, 0.15) is 5.75 Å². The predicted molar refractivity (Wildman–Crippen MR) is 59.6 cm³/mol. The summed E-state index contributed by atoms with van der Waals surface area (Å²) in [6, 6.07) is 5.82. The van der Waals surface area contributed by atoms with Gasteiger partial charge < -0.3 is 10.5 Å². The van der Waals surface area contributed by atoms with Crippen LogP contribution in [-0.4, -0.2) is 12.9 Å². The van der Waals surface area contributed by atoms with Crippen LogP contribution in [0.25, 0.3) is 0 Å². The zero-order chi connectivity index (χ0) is 12.7. The number of hydrogen-bond donors (Lipinski definition) is 1. The molecular weight excluding hydrogens is 231 g/mol. The number of alkyl halides is 3. The molecule has 94 valence electrons. The fourth-order valence-corrected chi connectivity index (χ4v) is 1.26. The molecule has 0 bridgehead atoms. The van der Waals surface area contributed by atoms with Crippen molar-refractivity contribution in [1.82, 2.24) is 0 Å². The van der Waals surface area contributed by atoms with Gasteiger partial charge in [-0.3, -0.25) is 0 Å². The van der Waals surface area contributed by atoms with Crippen LogP contribution in [0.1, 0.15) is 12.0 Å². The minimum Gasteiger partial charge on any atom is -0.406 e. The third-order valence-electron chi connectivity index (χ3n) is 2.01. The number of benzene rings is 1. The molecule has 0 aliphatic rings. The topological polar surface area (TPSA) is 35.2 Å². The highest BCUT2D eigenvalue weighted by atomic mass is 19.4. The van der Waals surface area contributed by atoms with E-state index in [4.69, 9.17) is 5.73 Å². The Bertz CT molecular complexity index is 357. The number of halogens is 3. The van der Waals surface area contributed by atoms with E-state index < -0.39 is 6.36 Å². The van der Waals surface area contributed by atoms with E-state index in [2.05, 4.69) is 4.74 Å². The van der Waals surface area contributed by atoms with Crippen molar-refractivity contribution in [2.75, 3.05) is 6.54 Å². The molecule has 0 atom stereocenters. The average Bonchev–Trinajstić information content (AvgIpc) is 2.25. The van der Waals surface area contributed by atoms with Crippen LogP contribution in [0, 0.1) is 0 Å². The summed E-state index contributed by atoms with van der Waals surface area (Å²) in [5, 5.41) is 0. The maximum Gasteiger partial charge on any atom is 0.573 e. The van der Waals surface area contributed by atoms with Crippen LogP contribution < -0.4 is 10.5 Å². The zero-order valence-electron chi connectivity index (χ0n) is 9.20. The molecule has 0 aliphatic heterocycles. The Morgan fingerprint density at radius 1 is 1.12 bits per heavy atom. The first kappa shape index (κ1) is 13.6. The number of ether oxygens (including phenoxy) is 1. The highest BCUT2D eigenvalue weighted by molar-refractivity contribution is 5.28. The number of rotatable bonds is 5. The van der Waals surface area contributed by atoms with E-state index in [9.17, 15) is 13.2 Å². The molecule has 0 spiro atoms. The smallest absolute Gasteiger partial charge is 0.406 e. The highest BCUT2D eigenvalue weighted by Gasteiger charge is 2.30. The van der Waals surface area contributed by atoms with Gasteiger partial charge >= 0.3 is 6.36 Å². The van der Waals surface area contributed by atoms with Gasteiger partial charge in [-0.25, -0.2) is 0 Å². The van der Waals surface area contributed by atoms with Gasteiger partial charge in [0, 0.05) is 0 Å². The van der Waals surface area contributed by atoms with Gasteiger partial charge in [-0.15, -0.1) is 13.2 Å². The molecule has 2 N–H and O–H groups in total. The standard InChI is InChI=1S/C12H14F3NO/c13-12(14,15)17-11-7-5-10(6-8-11)4-2-1-3-9-16/h1-2,5-8H,3-4,9,16H2. The summed E-state index contributed by atoms with van der Waals surface area (Å²) in [4.78, 5) is 0. The van der Waals surface area contributed by atoms with Crippen molar-refractivity contribution in [3.05, 3.63) is 42.0 Å². The second-order valence-electron chi connectivity index (χ2n) is 3.44. The largest absolute Gasteiger partial charge is 0.573 e. The summed E-state index contributed by atoms with van der Waals surface area (Å²) in [7, 11) is 0. The maximum absolute atomic E-state index is 11.9. The molecule has 17 heavy (non-hydrogen) atoms. The van der Waals surface area contributed by atoms with E-state index in [-0.39, 0.29) is 5.75 Å². The second kappa shape index (κ2) is 6.30. The summed E-state index contributed by atoms with van der Waals surface area (Å²) < 4.78 is 39.4. The molecule has 1 aromatic carbocycles. The Morgan fingerprint density at radius 2 is 1.76 bits per heavy atom.